The number of hydrogen-bond donors (Lipinski definition) is 2. The van der Waals surface area contributed by atoms with E-state index in [1.807, 2.05) is 24.4 Å². The van der Waals surface area contributed by atoms with Gasteiger partial charge in [-0.1, -0.05) is 12.1 Å². The van der Waals surface area contributed by atoms with Crippen molar-refractivity contribution >= 4 is 26.9 Å². The highest BCUT2D eigenvalue weighted by atomic mass is 32.2. The average Bonchev–Trinajstić information content (AvgIpc) is 2.70. The van der Waals surface area contributed by atoms with Gasteiger partial charge in [0.2, 0.25) is 16.0 Å². The molecule has 1 aliphatic heterocycles. The fraction of sp³-hybridized carbons (Fsp3) is 0.600. The van der Waals surface area contributed by atoms with Gasteiger partial charge in [0.1, 0.15) is 17.4 Å². The van der Waals surface area contributed by atoms with Gasteiger partial charge < -0.3 is 14.8 Å². The lowest BCUT2D eigenvalue weighted by Gasteiger charge is -2.29. The Kier molecular flexibility index (Phi) is 6.17. The van der Waals surface area contributed by atoms with Crippen LogP contribution in [0.15, 0.2) is 24.4 Å². The summed E-state index contributed by atoms with van der Waals surface area (Å²) in [5.41, 5.74) is 0.809. The third-order valence-corrected chi connectivity index (χ3v) is 6.24. The number of ether oxygens (including phenoxy) is 2. The topological polar surface area (TPSA) is 102 Å². The molecule has 0 bridgehead atoms. The van der Waals surface area contributed by atoms with Crippen LogP contribution < -0.4 is 14.8 Å². The summed E-state index contributed by atoms with van der Waals surface area (Å²) in [6, 6.07) is 6.15. The van der Waals surface area contributed by atoms with E-state index in [2.05, 4.69) is 15.0 Å². The molecule has 1 saturated heterocycles. The second kappa shape index (κ2) is 8.81. The molecule has 0 spiro atoms. The maximum absolute atomic E-state index is 11.4. The van der Waals surface area contributed by atoms with E-state index in [1.165, 1.54) is 6.26 Å². The summed E-state index contributed by atoms with van der Waals surface area (Å²) < 4.78 is 37.1. The van der Waals surface area contributed by atoms with E-state index in [0.717, 1.165) is 68.4 Å². The van der Waals surface area contributed by atoms with Crippen LogP contribution in [-0.2, 0) is 14.8 Å². The minimum absolute atomic E-state index is 0.0139. The molecule has 0 atom stereocenters. The van der Waals surface area contributed by atoms with Crippen molar-refractivity contribution in [2.75, 3.05) is 24.8 Å². The molecule has 1 aliphatic carbocycles. The van der Waals surface area contributed by atoms with Crippen LogP contribution in [0.4, 0.5) is 5.95 Å². The van der Waals surface area contributed by atoms with Gasteiger partial charge in [-0.3, -0.25) is 0 Å². The van der Waals surface area contributed by atoms with Crippen LogP contribution in [0, 0.1) is 0 Å². The van der Waals surface area contributed by atoms with Gasteiger partial charge in [-0.25, -0.2) is 23.1 Å². The normalized spacial score (nSPS) is 23.8. The number of sulfonamides is 1. The van der Waals surface area contributed by atoms with E-state index in [0.29, 0.717) is 5.95 Å². The Balaban J connectivity index is 1.42. The molecule has 9 heteroatoms. The van der Waals surface area contributed by atoms with Crippen LogP contribution in [0.2, 0.25) is 0 Å². The molecule has 2 fully saturated rings. The average molecular weight is 421 g/mol. The maximum Gasteiger partial charge on any atom is 0.223 e. The van der Waals surface area contributed by atoms with Crippen molar-refractivity contribution in [1.29, 1.82) is 0 Å². The maximum atomic E-state index is 11.4. The number of nitrogens with zero attached hydrogens (tertiary/aromatic N) is 2. The Hall–Kier alpha value is -1.97. The minimum atomic E-state index is -3.16. The number of anilines is 1. The third kappa shape index (κ3) is 5.55. The molecule has 29 heavy (non-hydrogen) atoms. The summed E-state index contributed by atoms with van der Waals surface area (Å²) in [7, 11) is -3.16. The third-order valence-electron chi connectivity index (χ3n) is 5.48. The molecular weight excluding hydrogens is 392 g/mol. The van der Waals surface area contributed by atoms with Crippen molar-refractivity contribution in [3.63, 3.8) is 0 Å². The van der Waals surface area contributed by atoms with Gasteiger partial charge in [-0.2, -0.15) is 0 Å². The standard InChI is InChI=1S/C20H28N4O4S/c1-29(25,26)24-16-7-5-15(6-8-16)22-20-21-13-14-3-2-4-18(19(14)23-20)28-17-9-11-27-12-10-17/h2-4,13,15-17,24H,5-12H2,1H3,(H,21,22,23). The largest absolute Gasteiger partial charge is 0.488 e. The van der Waals surface area contributed by atoms with Gasteiger partial charge in [-0.05, 0) is 31.7 Å². The van der Waals surface area contributed by atoms with Gasteiger partial charge in [0.05, 0.1) is 19.5 Å². The van der Waals surface area contributed by atoms with Crippen molar-refractivity contribution in [3.05, 3.63) is 24.4 Å². The summed E-state index contributed by atoms with van der Waals surface area (Å²) in [4.78, 5) is 9.18. The first kappa shape index (κ1) is 20.3. The second-order valence-electron chi connectivity index (χ2n) is 7.90. The van der Waals surface area contributed by atoms with E-state index in [9.17, 15) is 8.42 Å². The zero-order valence-electron chi connectivity index (χ0n) is 16.6. The monoisotopic (exact) mass is 420 g/mol. The highest BCUT2D eigenvalue weighted by Crippen LogP contribution is 2.28. The lowest BCUT2D eigenvalue weighted by molar-refractivity contribution is 0.0261. The molecule has 1 saturated carbocycles. The molecule has 0 unspecified atom stereocenters. The molecule has 2 heterocycles. The molecule has 2 aromatic rings. The fourth-order valence-corrected chi connectivity index (χ4v) is 4.85. The summed E-state index contributed by atoms with van der Waals surface area (Å²) >= 11 is 0. The summed E-state index contributed by atoms with van der Waals surface area (Å²) in [6.45, 7) is 1.46. The van der Waals surface area contributed by atoms with Crippen LogP contribution >= 0.6 is 0 Å². The van der Waals surface area contributed by atoms with E-state index < -0.39 is 10.0 Å². The van der Waals surface area contributed by atoms with E-state index >= 15 is 0 Å². The van der Waals surface area contributed by atoms with Gasteiger partial charge in [-0.15, -0.1) is 0 Å². The molecule has 1 aromatic carbocycles. The number of benzene rings is 1. The number of para-hydroxylation sites is 1. The Bertz CT molecular complexity index is 939. The first-order chi connectivity index (χ1) is 14.0. The van der Waals surface area contributed by atoms with Gasteiger partial charge >= 0.3 is 0 Å². The molecule has 4 rings (SSSR count). The number of fused-ring (bicyclic) bond motifs is 1. The van der Waals surface area contributed by atoms with Crippen molar-refractivity contribution in [3.8, 4) is 5.75 Å². The SMILES string of the molecule is CS(=O)(=O)NC1CCC(Nc2ncc3cccc(OC4CCOCC4)c3n2)CC1. The molecule has 8 nitrogen and oxygen atoms in total. The van der Waals surface area contributed by atoms with Crippen molar-refractivity contribution in [2.45, 2.75) is 56.7 Å². The van der Waals surface area contributed by atoms with E-state index in [-0.39, 0.29) is 18.2 Å². The quantitative estimate of drug-likeness (QED) is 0.740. The number of aromatic nitrogens is 2. The van der Waals surface area contributed by atoms with Crippen LogP contribution in [0.1, 0.15) is 38.5 Å². The van der Waals surface area contributed by atoms with Crippen molar-refractivity contribution < 1.29 is 17.9 Å². The van der Waals surface area contributed by atoms with Gasteiger partial charge in [0, 0.05) is 36.5 Å². The lowest BCUT2D eigenvalue weighted by Crippen LogP contribution is -2.39. The molecule has 0 radical (unpaired) electrons. The zero-order valence-corrected chi connectivity index (χ0v) is 17.5. The molecule has 0 amide bonds. The predicted molar refractivity (Wildman–Crippen MR) is 112 cm³/mol. The lowest BCUT2D eigenvalue weighted by atomic mass is 9.92. The first-order valence-corrected chi connectivity index (χ1v) is 12.1. The Morgan fingerprint density at radius 1 is 1.07 bits per heavy atom. The van der Waals surface area contributed by atoms with Crippen LogP contribution in [0.3, 0.4) is 0 Å². The van der Waals surface area contributed by atoms with Crippen LogP contribution in [0.5, 0.6) is 5.75 Å². The smallest absolute Gasteiger partial charge is 0.223 e. The molecule has 2 aliphatic rings. The van der Waals surface area contributed by atoms with Gasteiger partial charge in [0.25, 0.3) is 0 Å². The molecule has 2 N–H and O–H groups in total. The van der Waals surface area contributed by atoms with Gasteiger partial charge in [0.15, 0.2) is 0 Å². The Labute approximate surface area is 171 Å². The fourth-order valence-electron chi connectivity index (χ4n) is 4.01. The second-order valence-corrected chi connectivity index (χ2v) is 9.68. The Morgan fingerprint density at radius 2 is 1.79 bits per heavy atom. The minimum Gasteiger partial charge on any atom is -0.488 e. The van der Waals surface area contributed by atoms with Crippen molar-refractivity contribution in [1.82, 2.24) is 14.7 Å². The number of rotatable bonds is 6. The predicted octanol–water partition coefficient (Wildman–Crippen LogP) is 2.46. The summed E-state index contributed by atoms with van der Waals surface area (Å²) in [6.07, 6.45) is 8.29. The molecule has 158 valence electrons. The van der Waals surface area contributed by atoms with E-state index in [1.54, 1.807) is 0 Å². The summed E-state index contributed by atoms with van der Waals surface area (Å²) in [5.74, 6) is 1.36. The van der Waals surface area contributed by atoms with E-state index in [4.69, 9.17) is 14.5 Å². The number of hydrogen-bond acceptors (Lipinski definition) is 7. The first-order valence-electron chi connectivity index (χ1n) is 10.2. The summed E-state index contributed by atoms with van der Waals surface area (Å²) in [5, 5.41) is 4.36. The number of nitrogens with one attached hydrogen (secondary N) is 2. The van der Waals surface area contributed by atoms with Crippen LogP contribution in [0.25, 0.3) is 10.9 Å². The zero-order chi connectivity index (χ0) is 20.3. The van der Waals surface area contributed by atoms with Crippen LogP contribution in [-0.4, -0.2) is 56.0 Å². The van der Waals surface area contributed by atoms with Crippen molar-refractivity contribution in [2.24, 2.45) is 0 Å². The highest BCUT2D eigenvalue weighted by molar-refractivity contribution is 7.88. The molecular formula is C20H28N4O4S. The Morgan fingerprint density at radius 3 is 2.52 bits per heavy atom. The molecule has 1 aromatic heterocycles. The highest BCUT2D eigenvalue weighted by Gasteiger charge is 2.24.